The van der Waals surface area contributed by atoms with Crippen molar-refractivity contribution in [2.24, 2.45) is 23.2 Å². The van der Waals surface area contributed by atoms with E-state index in [1.54, 1.807) is 0 Å². The minimum atomic E-state index is -0.320. The molecule has 0 spiro atoms. The number of nitrogens with one attached hydrogen (secondary N) is 2. The van der Waals surface area contributed by atoms with Crippen molar-refractivity contribution in [2.75, 3.05) is 11.9 Å². The van der Waals surface area contributed by atoms with Gasteiger partial charge in [0.15, 0.2) is 5.11 Å². The van der Waals surface area contributed by atoms with Gasteiger partial charge in [0.25, 0.3) is 0 Å². The van der Waals surface area contributed by atoms with E-state index in [-0.39, 0.29) is 5.63 Å². The summed E-state index contributed by atoms with van der Waals surface area (Å²) < 4.78 is 5.33. The molecule has 1 aromatic carbocycles. The average molecular weight is 383 g/mol. The van der Waals surface area contributed by atoms with E-state index in [2.05, 4.69) is 10.6 Å². The maximum atomic E-state index is 11.6. The van der Waals surface area contributed by atoms with E-state index in [1.165, 1.54) is 44.6 Å². The van der Waals surface area contributed by atoms with Gasteiger partial charge >= 0.3 is 5.63 Å². The van der Waals surface area contributed by atoms with Crippen molar-refractivity contribution in [3.05, 3.63) is 40.2 Å². The molecule has 0 radical (unpaired) electrons. The van der Waals surface area contributed by atoms with E-state index in [0.29, 0.717) is 16.1 Å². The Morgan fingerprint density at radius 3 is 2.48 bits per heavy atom. The lowest BCUT2D eigenvalue weighted by Crippen LogP contribution is -2.51. The Morgan fingerprint density at radius 2 is 1.81 bits per heavy atom. The lowest BCUT2D eigenvalue weighted by atomic mass is 9.49. The van der Waals surface area contributed by atoms with Crippen molar-refractivity contribution >= 4 is 34.0 Å². The molecule has 4 fully saturated rings. The largest absolute Gasteiger partial charge is 0.423 e. The average Bonchev–Trinajstić information content (AvgIpc) is 2.58. The monoisotopic (exact) mass is 382 g/mol. The Balaban J connectivity index is 1.26. The molecular formula is C22H26N2O2S. The smallest absolute Gasteiger partial charge is 0.336 e. The van der Waals surface area contributed by atoms with Gasteiger partial charge in [0.2, 0.25) is 0 Å². The van der Waals surface area contributed by atoms with Crippen LogP contribution in [0.1, 0.15) is 44.1 Å². The van der Waals surface area contributed by atoms with Crippen LogP contribution >= 0.6 is 12.2 Å². The molecule has 1 aromatic heterocycles. The first-order valence-electron chi connectivity index (χ1n) is 10.1. The number of thiocarbonyl (C=S) groups is 1. The summed E-state index contributed by atoms with van der Waals surface area (Å²) >= 11 is 5.55. The first kappa shape index (κ1) is 17.2. The summed E-state index contributed by atoms with van der Waals surface area (Å²) in [5.74, 6) is 2.85. The van der Waals surface area contributed by atoms with Crippen LogP contribution in [0.3, 0.4) is 0 Å². The lowest BCUT2D eigenvalue weighted by molar-refractivity contribution is -0.0490. The summed E-state index contributed by atoms with van der Waals surface area (Å²) in [7, 11) is 0. The molecule has 142 valence electrons. The van der Waals surface area contributed by atoms with Crippen molar-refractivity contribution in [3.63, 3.8) is 0 Å². The summed E-state index contributed by atoms with van der Waals surface area (Å²) in [6.07, 6.45) is 8.50. The van der Waals surface area contributed by atoms with Crippen molar-refractivity contribution in [1.29, 1.82) is 0 Å². The second-order valence-corrected chi connectivity index (χ2v) is 9.59. The van der Waals surface area contributed by atoms with Crippen LogP contribution in [-0.4, -0.2) is 11.7 Å². The van der Waals surface area contributed by atoms with Crippen LogP contribution in [0.2, 0.25) is 0 Å². The number of hydrogen-bond donors (Lipinski definition) is 2. The van der Waals surface area contributed by atoms with Crippen LogP contribution in [0.5, 0.6) is 0 Å². The molecule has 5 heteroatoms. The van der Waals surface area contributed by atoms with E-state index >= 15 is 0 Å². The van der Waals surface area contributed by atoms with Gasteiger partial charge in [-0.05, 0) is 98.5 Å². The Bertz CT molecular complexity index is 929. The predicted octanol–water partition coefficient (Wildman–Crippen LogP) is 4.60. The first-order chi connectivity index (χ1) is 13.0. The molecule has 4 saturated carbocycles. The lowest BCUT2D eigenvalue weighted by Gasteiger charge is -2.57. The van der Waals surface area contributed by atoms with Crippen LogP contribution in [0.25, 0.3) is 11.0 Å². The number of hydrogen-bond acceptors (Lipinski definition) is 3. The maximum Gasteiger partial charge on any atom is 0.336 e. The van der Waals surface area contributed by atoms with Crippen LogP contribution in [-0.2, 0) is 0 Å². The van der Waals surface area contributed by atoms with E-state index in [9.17, 15) is 4.79 Å². The Labute approximate surface area is 164 Å². The molecule has 2 aromatic rings. The first-order valence-corrected chi connectivity index (χ1v) is 10.5. The maximum absolute atomic E-state index is 11.6. The van der Waals surface area contributed by atoms with E-state index in [4.69, 9.17) is 16.6 Å². The molecule has 4 aliphatic carbocycles. The summed E-state index contributed by atoms with van der Waals surface area (Å²) in [6.45, 7) is 2.90. The van der Waals surface area contributed by atoms with E-state index in [1.807, 2.05) is 25.1 Å². The standard InChI is InChI=1S/C22H26N2O2S/c1-13-4-20(25)26-19-8-17(2-3-18(13)19)24-21(27)23-12-22-9-14-5-15(10-22)7-16(6-14)11-22/h2-4,8,14-16H,5-7,9-12H2,1H3,(H2,23,24,27). The molecule has 2 N–H and O–H groups in total. The predicted molar refractivity (Wildman–Crippen MR) is 112 cm³/mol. The zero-order valence-electron chi connectivity index (χ0n) is 15.7. The topological polar surface area (TPSA) is 54.3 Å². The SMILES string of the molecule is Cc1cc(=O)oc2cc(NC(=S)NCC34CC5CC(CC(C5)C3)C4)ccc12. The molecule has 27 heavy (non-hydrogen) atoms. The second kappa shape index (κ2) is 6.33. The van der Waals surface area contributed by atoms with Gasteiger partial charge in [-0.25, -0.2) is 4.79 Å². The summed E-state index contributed by atoms with van der Waals surface area (Å²) in [5.41, 5.74) is 2.50. The third-order valence-electron chi connectivity index (χ3n) is 7.00. The van der Waals surface area contributed by atoms with Crippen molar-refractivity contribution in [3.8, 4) is 0 Å². The molecule has 4 nitrogen and oxygen atoms in total. The fraction of sp³-hybridized carbons (Fsp3) is 0.545. The highest BCUT2D eigenvalue weighted by Crippen LogP contribution is 2.59. The molecule has 0 saturated heterocycles. The van der Waals surface area contributed by atoms with Crippen molar-refractivity contribution < 1.29 is 4.42 Å². The highest BCUT2D eigenvalue weighted by Gasteiger charge is 2.50. The van der Waals surface area contributed by atoms with Crippen molar-refractivity contribution in [1.82, 2.24) is 5.32 Å². The van der Waals surface area contributed by atoms with Gasteiger partial charge in [-0.2, -0.15) is 0 Å². The zero-order chi connectivity index (χ0) is 18.6. The zero-order valence-corrected chi connectivity index (χ0v) is 16.5. The summed E-state index contributed by atoms with van der Waals surface area (Å²) in [6, 6.07) is 7.32. The third-order valence-corrected chi connectivity index (χ3v) is 7.24. The summed E-state index contributed by atoms with van der Waals surface area (Å²) in [4.78, 5) is 11.6. The molecule has 0 aliphatic heterocycles. The highest BCUT2D eigenvalue weighted by molar-refractivity contribution is 7.80. The van der Waals surface area contributed by atoms with Gasteiger partial charge in [0.05, 0.1) is 0 Å². The fourth-order valence-corrected chi connectivity index (χ4v) is 6.54. The fourth-order valence-electron chi connectivity index (χ4n) is 6.35. The summed E-state index contributed by atoms with van der Waals surface area (Å²) in [5, 5.41) is 8.36. The minimum Gasteiger partial charge on any atom is -0.423 e. The number of anilines is 1. The molecule has 4 aliphatic rings. The minimum absolute atomic E-state index is 0.320. The number of aryl methyl sites for hydroxylation is 1. The highest BCUT2D eigenvalue weighted by atomic mass is 32.1. The molecule has 6 rings (SSSR count). The third kappa shape index (κ3) is 3.27. The number of benzene rings is 1. The second-order valence-electron chi connectivity index (χ2n) is 9.18. The molecule has 4 bridgehead atoms. The molecule has 1 heterocycles. The van der Waals surface area contributed by atoms with Gasteiger partial charge < -0.3 is 15.1 Å². The van der Waals surface area contributed by atoms with Crippen LogP contribution < -0.4 is 16.3 Å². The number of rotatable bonds is 3. The quantitative estimate of drug-likeness (QED) is 0.600. The van der Waals surface area contributed by atoms with Gasteiger partial charge in [0.1, 0.15) is 5.58 Å². The van der Waals surface area contributed by atoms with Gasteiger partial charge in [-0.1, -0.05) is 0 Å². The van der Waals surface area contributed by atoms with Crippen LogP contribution in [0.4, 0.5) is 5.69 Å². The van der Waals surface area contributed by atoms with Crippen molar-refractivity contribution in [2.45, 2.75) is 45.4 Å². The molecule has 0 atom stereocenters. The normalized spacial score (nSPS) is 31.2. The number of fused-ring (bicyclic) bond motifs is 1. The Morgan fingerprint density at radius 1 is 1.15 bits per heavy atom. The Hall–Kier alpha value is -1.88. The van der Waals surface area contributed by atoms with Gasteiger partial charge in [-0.3, -0.25) is 0 Å². The van der Waals surface area contributed by atoms with Crippen LogP contribution in [0.15, 0.2) is 33.5 Å². The van der Waals surface area contributed by atoms with Gasteiger partial charge in [-0.15, -0.1) is 0 Å². The molecule has 0 unspecified atom stereocenters. The van der Waals surface area contributed by atoms with E-state index in [0.717, 1.165) is 40.9 Å². The van der Waals surface area contributed by atoms with Gasteiger partial charge in [0, 0.05) is 29.8 Å². The Kier molecular flexibility index (Phi) is 4.04. The molecule has 0 amide bonds. The van der Waals surface area contributed by atoms with E-state index < -0.39 is 0 Å². The van der Waals surface area contributed by atoms with Crippen LogP contribution in [0, 0.1) is 30.1 Å². The molecular weight excluding hydrogens is 356 g/mol.